The van der Waals surface area contributed by atoms with Crippen molar-refractivity contribution in [3.8, 4) is 0 Å². The van der Waals surface area contributed by atoms with Crippen LogP contribution in [-0.2, 0) is 4.79 Å². The molecule has 0 aliphatic carbocycles. The summed E-state index contributed by atoms with van der Waals surface area (Å²) < 4.78 is 0. The van der Waals surface area contributed by atoms with Crippen LogP contribution in [0.5, 0.6) is 0 Å². The van der Waals surface area contributed by atoms with E-state index in [9.17, 15) is 4.79 Å². The van der Waals surface area contributed by atoms with Crippen LogP contribution in [0.2, 0.25) is 0 Å². The molecule has 1 heterocycles. The van der Waals surface area contributed by atoms with Crippen molar-refractivity contribution in [2.45, 2.75) is 40.0 Å². The van der Waals surface area contributed by atoms with Gasteiger partial charge in [0.1, 0.15) is 17.5 Å². The van der Waals surface area contributed by atoms with Crippen molar-refractivity contribution in [2.24, 2.45) is 0 Å². The normalized spacial score (nSPS) is 10.8. The standard InChI is InChI=1S/C15H27N5O/c1-7-8-20(9-12(21)19(5)6)15-11(4)13(16)17-14(18-15)10(2)3/h10H,7-9H2,1-6H3,(H2,16,17,18). The van der Waals surface area contributed by atoms with Crippen LogP contribution in [0.15, 0.2) is 0 Å². The van der Waals surface area contributed by atoms with E-state index >= 15 is 0 Å². The van der Waals surface area contributed by atoms with Crippen LogP contribution in [0.4, 0.5) is 11.6 Å². The molecule has 0 saturated heterocycles. The molecule has 118 valence electrons. The summed E-state index contributed by atoms with van der Waals surface area (Å²) in [6.07, 6.45) is 0.932. The predicted molar refractivity (Wildman–Crippen MR) is 86.5 cm³/mol. The second kappa shape index (κ2) is 7.24. The van der Waals surface area contributed by atoms with E-state index in [2.05, 4.69) is 16.9 Å². The van der Waals surface area contributed by atoms with E-state index < -0.39 is 0 Å². The first-order chi connectivity index (χ1) is 9.77. The number of amides is 1. The number of nitrogens with two attached hydrogens (primary N) is 1. The Hall–Kier alpha value is -1.85. The van der Waals surface area contributed by atoms with Crippen LogP contribution in [0.3, 0.4) is 0 Å². The summed E-state index contributed by atoms with van der Waals surface area (Å²) in [6.45, 7) is 9.10. The van der Waals surface area contributed by atoms with E-state index in [1.807, 2.05) is 25.7 Å². The van der Waals surface area contributed by atoms with Crippen LogP contribution in [0.1, 0.15) is 44.5 Å². The highest BCUT2D eigenvalue weighted by Gasteiger charge is 2.19. The van der Waals surface area contributed by atoms with Gasteiger partial charge < -0.3 is 15.5 Å². The van der Waals surface area contributed by atoms with Crippen LogP contribution >= 0.6 is 0 Å². The highest BCUT2D eigenvalue weighted by molar-refractivity contribution is 5.81. The lowest BCUT2D eigenvalue weighted by molar-refractivity contribution is -0.127. The summed E-state index contributed by atoms with van der Waals surface area (Å²) in [7, 11) is 3.51. The molecule has 0 fully saturated rings. The van der Waals surface area contributed by atoms with Gasteiger partial charge in [0.25, 0.3) is 0 Å². The molecule has 1 aromatic rings. The van der Waals surface area contributed by atoms with Crippen molar-refractivity contribution < 1.29 is 4.79 Å². The minimum atomic E-state index is 0.0473. The Balaban J connectivity index is 3.20. The fraction of sp³-hybridized carbons (Fsp3) is 0.667. The van der Waals surface area contributed by atoms with Gasteiger partial charge in [0, 0.05) is 32.1 Å². The smallest absolute Gasteiger partial charge is 0.241 e. The molecule has 0 aliphatic rings. The third kappa shape index (κ3) is 4.31. The van der Waals surface area contributed by atoms with Crippen LogP contribution < -0.4 is 10.6 Å². The molecule has 0 unspecified atom stereocenters. The number of likely N-dealkylation sites (N-methyl/N-ethyl adjacent to an activating group) is 1. The van der Waals surface area contributed by atoms with Crippen molar-refractivity contribution in [3.63, 3.8) is 0 Å². The largest absolute Gasteiger partial charge is 0.383 e. The zero-order valence-electron chi connectivity index (χ0n) is 14.0. The second-order valence-corrected chi connectivity index (χ2v) is 5.78. The van der Waals surface area contributed by atoms with Gasteiger partial charge >= 0.3 is 0 Å². The number of carbonyl (C=O) groups is 1. The lowest BCUT2D eigenvalue weighted by Gasteiger charge is -2.26. The lowest BCUT2D eigenvalue weighted by Crippen LogP contribution is -2.38. The number of carbonyl (C=O) groups excluding carboxylic acids is 1. The summed E-state index contributed by atoms with van der Waals surface area (Å²) in [5.74, 6) is 2.21. The molecule has 6 nitrogen and oxygen atoms in total. The Bertz CT molecular complexity index is 499. The highest BCUT2D eigenvalue weighted by atomic mass is 16.2. The first-order valence-electron chi connectivity index (χ1n) is 7.37. The number of nitrogen functional groups attached to an aromatic ring is 1. The zero-order valence-corrected chi connectivity index (χ0v) is 14.0. The molecular formula is C15H27N5O. The van der Waals surface area contributed by atoms with Gasteiger partial charge in [-0.25, -0.2) is 9.97 Å². The van der Waals surface area contributed by atoms with Gasteiger partial charge in [-0.2, -0.15) is 0 Å². The second-order valence-electron chi connectivity index (χ2n) is 5.78. The van der Waals surface area contributed by atoms with E-state index in [-0.39, 0.29) is 11.8 Å². The quantitative estimate of drug-likeness (QED) is 0.865. The minimum absolute atomic E-state index is 0.0473. The van der Waals surface area contributed by atoms with Gasteiger partial charge in [-0.05, 0) is 13.3 Å². The number of hydrogen-bond acceptors (Lipinski definition) is 5. The summed E-state index contributed by atoms with van der Waals surface area (Å²) >= 11 is 0. The van der Waals surface area contributed by atoms with Gasteiger partial charge in [-0.3, -0.25) is 4.79 Å². The molecule has 0 atom stereocenters. The van der Waals surface area contributed by atoms with Crippen molar-refractivity contribution in [1.82, 2.24) is 14.9 Å². The molecule has 0 aromatic carbocycles. The topological polar surface area (TPSA) is 75.4 Å². The maximum atomic E-state index is 12.0. The van der Waals surface area contributed by atoms with Gasteiger partial charge in [0.15, 0.2) is 0 Å². The van der Waals surface area contributed by atoms with Crippen molar-refractivity contribution in [1.29, 1.82) is 0 Å². The molecule has 0 bridgehead atoms. The molecule has 0 spiro atoms. The Morgan fingerprint density at radius 3 is 2.38 bits per heavy atom. The molecule has 6 heteroatoms. The summed E-state index contributed by atoms with van der Waals surface area (Å²) in [4.78, 5) is 24.6. The first kappa shape index (κ1) is 17.2. The van der Waals surface area contributed by atoms with Gasteiger partial charge in [-0.15, -0.1) is 0 Å². The van der Waals surface area contributed by atoms with Gasteiger partial charge in [0.2, 0.25) is 5.91 Å². The maximum absolute atomic E-state index is 12.0. The monoisotopic (exact) mass is 293 g/mol. The minimum Gasteiger partial charge on any atom is -0.383 e. The Labute approximate surface area is 127 Å². The summed E-state index contributed by atoms with van der Waals surface area (Å²) in [6, 6.07) is 0. The molecule has 0 aliphatic heterocycles. The van der Waals surface area contributed by atoms with Crippen molar-refractivity contribution >= 4 is 17.5 Å². The van der Waals surface area contributed by atoms with E-state index in [1.165, 1.54) is 0 Å². The molecule has 0 saturated carbocycles. The number of hydrogen-bond donors (Lipinski definition) is 1. The summed E-state index contributed by atoms with van der Waals surface area (Å²) in [5, 5.41) is 0. The first-order valence-corrected chi connectivity index (χ1v) is 7.37. The third-order valence-corrected chi connectivity index (χ3v) is 3.31. The summed E-state index contributed by atoms with van der Waals surface area (Å²) in [5.41, 5.74) is 6.84. The van der Waals surface area contributed by atoms with Gasteiger partial charge in [-0.1, -0.05) is 20.8 Å². The van der Waals surface area contributed by atoms with E-state index in [4.69, 9.17) is 5.73 Å². The van der Waals surface area contributed by atoms with Crippen molar-refractivity contribution in [2.75, 3.05) is 37.8 Å². The molecule has 21 heavy (non-hydrogen) atoms. The molecule has 2 N–H and O–H groups in total. The highest BCUT2D eigenvalue weighted by Crippen LogP contribution is 2.24. The number of rotatable bonds is 6. The number of anilines is 2. The van der Waals surface area contributed by atoms with Crippen LogP contribution in [-0.4, -0.2) is 48.0 Å². The lowest BCUT2D eigenvalue weighted by atomic mass is 10.2. The average molecular weight is 293 g/mol. The number of aromatic nitrogens is 2. The Kier molecular flexibility index (Phi) is 5.93. The maximum Gasteiger partial charge on any atom is 0.241 e. The van der Waals surface area contributed by atoms with Gasteiger partial charge in [0.05, 0.1) is 6.54 Å². The fourth-order valence-corrected chi connectivity index (χ4v) is 1.94. The number of nitrogens with zero attached hydrogens (tertiary/aromatic N) is 4. The SMILES string of the molecule is CCCN(CC(=O)N(C)C)c1nc(C(C)C)nc(N)c1C. The van der Waals surface area contributed by atoms with Crippen LogP contribution in [0, 0.1) is 6.92 Å². The van der Waals surface area contributed by atoms with E-state index in [1.54, 1.807) is 19.0 Å². The third-order valence-electron chi connectivity index (χ3n) is 3.31. The van der Waals surface area contributed by atoms with Crippen molar-refractivity contribution in [3.05, 3.63) is 11.4 Å². The zero-order chi connectivity index (χ0) is 16.2. The Morgan fingerprint density at radius 2 is 1.90 bits per heavy atom. The fourth-order valence-electron chi connectivity index (χ4n) is 1.94. The molecule has 1 rings (SSSR count). The molecule has 1 amide bonds. The van der Waals surface area contributed by atoms with Crippen LogP contribution in [0.25, 0.3) is 0 Å². The average Bonchev–Trinajstić information content (AvgIpc) is 2.40. The Morgan fingerprint density at radius 1 is 1.29 bits per heavy atom. The van der Waals surface area contributed by atoms with E-state index in [0.29, 0.717) is 18.2 Å². The molecular weight excluding hydrogens is 266 g/mol. The molecule has 0 radical (unpaired) electrons. The molecule has 1 aromatic heterocycles. The predicted octanol–water partition coefficient (Wildman–Crippen LogP) is 1.80. The van der Waals surface area contributed by atoms with E-state index in [0.717, 1.165) is 24.3 Å².